The first-order valence-electron chi connectivity index (χ1n) is 31.0. The lowest BCUT2D eigenvalue weighted by Gasteiger charge is -2.17. The molecule has 0 unspecified atom stereocenters. The highest BCUT2D eigenvalue weighted by atomic mass is 32.1. The molecule has 0 amide bonds. The Kier molecular flexibility index (Phi) is 28.4. The van der Waals surface area contributed by atoms with Crippen LogP contribution in [0.4, 0.5) is 0 Å². The molecule has 7 aromatic heterocycles. The van der Waals surface area contributed by atoms with Crippen molar-refractivity contribution < 1.29 is 4.74 Å². The van der Waals surface area contributed by atoms with Gasteiger partial charge in [0, 0.05) is 71.5 Å². The van der Waals surface area contributed by atoms with Crippen LogP contribution >= 0.6 is 22.7 Å². The van der Waals surface area contributed by atoms with Crippen LogP contribution in [0.25, 0.3) is 0 Å². The lowest BCUT2D eigenvalue weighted by atomic mass is 9.89. The molecule has 12 heteroatoms. The summed E-state index contributed by atoms with van der Waals surface area (Å²) in [5.41, 5.74) is 20.3. The minimum absolute atomic E-state index is 0.119. The van der Waals surface area contributed by atoms with Crippen molar-refractivity contribution in [1.82, 2.24) is 45.1 Å². The molecule has 8 heterocycles. The number of thiophene rings is 1. The normalized spacial score (nSPS) is 13.4. The molecule has 0 saturated heterocycles. The molecular formula is C73H107N9OS2. The van der Waals surface area contributed by atoms with Crippen molar-refractivity contribution in [1.29, 1.82) is 0 Å². The van der Waals surface area contributed by atoms with Gasteiger partial charge in [0.25, 0.3) is 0 Å². The Hall–Kier alpha value is -5.98. The highest BCUT2D eigenvalue weighted by molar-refractivity contribution is 7.08. The van der Waals surface area contributed by atoms with Crippen molar-refractivity contribution >= 4 is 22.7 Å². The number of benzene rings is 1. The van der Waals surface area contributed by atoms with E-state index < -0.39 is 0 Å². The standard InChI is InChI=1S/C12H17N.C12H16.C11H15NO.2C8H12N2.C8H12S.C7H12N2.C7H11NS/c1-9(2)11-7-10-5-3-4-6-12(10)13-8-11;1-9(2)11-7-6-10-4-3-5-12(10)8-11;1-8(2)9-6-11-10(12-7-9)4-3-5-13-11;1-8(2,3)7-4-9-6-10-5-7;1-8(2,3)7-6-9-4-5-10-7;1-8(2,3)7-4-5-9-6-7;1-7(2,3)6-4-8-9-5-6;1-7(2,3)6-4-9-5-8-6/h7-9H,3-6H2,1-2H3;6-9H,3-5H2,1-2H3;6-8H,3-5H2,1-2H3;2*4-6H,1-3H3;4-6H,1-3H3;4-5H,1-3H3,(H,8,9);4-5H,1-3H3. The smallest absolute Gasteiger partial charge is 0.141 e. The van der Waals surface area contributed by atoms with Gasteiger partial charge in [0.1, 0.15) is 12.1 Å². The van der Waals surface area contributed by atoms with Crippen LogP contribution in [0.1, 0.15) is 262 Å². The maximum Gasteiger partial charge on any atom is 0.141 e. The van der Waals surface area contributed by atoms with Gasteiger partial charge in [0.15, 0.2) is 0 Å². The van der Waals surface area contributed by atoms with Crippen molar-refractivity contribution in [2.24, 2.45) is 0 Å². The molecule has 0 saturated carbocycles. The van der Waals surface area contributed by atoms with Crippen LogP contribution in [-0.4, -0.2) is 51.7 Å². The van der Waals surface area contributed by atoms with Crippen molar-refractivity contribution in [3.63, 3.8) is 0 Å². The summed E-state index contributed by atoms with van der Waals surface area (Å²) in [7, 11) is 0. The summed E-state index contributed by atoms with van der Waals surface area (Å²) < 4.78 is 5.55. The molecule has 462 valence electrons. The molecule has 8 aromatic rings. The largest absolute Gasteiger partial charge is 0.492 e. The third-order valence-corrected chi connectivity index (χ3v) is 16.1. The fourth-order valence-electron chi connectivity index (χ4n) is 8.72. The average molecular weight is 1190 g/mol. The Balaban J connectivity index is 0.000000209. The molecule has 3 aliphatic rings. The molecule has 1 N–H and O–H groups in total. The number of H-pyrrole nitrogens is 1. The summed E-state index contributed by atoms with van der Waals surface area (Å²) in [4.78, 5) is 29.2. The Morgan fingerprint density at radius 1 is 0.447 bits per heavy atom. The van der Waals surface area contributed by atoms with Crippen molar-refractivity contribution in [2.45, 2.75) is 248 Å². The fourth-order valence-corrected chi connectivity index (χ4v) is 10.4. The molecule has 0 radical (unpaired) electrons. The zero-order valence-electron chi connectivity index (χ0n) is 56.2. The van der Waals surface area contributed by atoms with Gasteiger partial charge in [-0.25, -0.2) is 15.0 Å². The number of hydrogen-bond donors (Lipinski definition) is 1. The molecule has 0 atom stereocenters. The Morgan fingerprint density at radius 2 is 1.02 bits per heavy atom. The number of aryl methyl sites for hydroxylation is 5. The van der Waals surface area contributed by atoms with Crippen LogP contribution in [0.5, 0.6) is 5.75 Å². The second kappa shape index (κ2) is 33.8. The fraction of sp³-hybridized carbons (Fsp3) is 0.534. The van der Waals surface area contributed by atoms with Crippen LogP contribution in [0.3, 0.4) is 0 Å². The van der Waals surface area contributed by atoms with Crippen LogP contribution in [-0.2, 0) is 59.2 Å². The first-order chi connectivity index (χ1) is 39.8. The maximum absolute atomic E-state index is 5.55. The Bertz CT molecular complexity index is 2840. The molecule has 1 aliphatic heterocycles. The number of hydrogen-bond acceptors (Lipinski definition) is 11. The van der Waals surface area contributed by atoms with Gasteiger partial charge >= 0.3 is 0 Å². The van der Waals surface area contributed by atoms with Gasteiger partial charge in [-0.1, -0.05) is 170 Å². The second-order valence-electron chi connectivity index (χ2n) is 28.4. The van der Waals surface area contributed by atoms with Crippen molar-refractivity contribution in [2.75, 3.05) is 6.61 Å². The summed E-state index contributed by atoms with van der Waals surface area (Å²) in [6, 6.07) is 13.7. The van der Waals surface area contributed by atoms with Gasteiger partial charge in [-0.3, -0.25) is 25.0 Å². The molecule has 11 rings (SSSR count). The van der Waals surface area contributed by atoms with Crippen LogP contribution < -0.4 is 4.74 Å². The molecular weight excluding hydrogens is 1080 g/mol. The molecule has 10 nitrogen and oxygen atoms in total. The van der Waals surface area contributed by atoms with Crippen molar-refractivity contribution in [3.8, 4) is 5.75 Å². The van der Waals surface area contributed by atoms with Gasteiger partial charge in [-0.2, -0.15) is 16.4 Å². The van der Waals surface area contributed by atoms with Gasteiger partial charge in [-0.15, -0.1) is 11.3 Å². The number of fused-ring (bicyclic) bond motifs is 3. The van der Waals surface area contributed by atoms with E-state index in [0.29, 0.717) is 23.2 Å². The van der Waals surface area contributed by atoms with E-state index in [2.05, 4.69) is 249 Å². The van der Waals surface area contributed by atoms with E-state index in [-0.39, 0.29) is 21.7 Å². The average Bonchev–Trinajstić information content (AvgIpc) is 4.49. The van der Waals surface area contributed by atoms with E-state index in [4.69, 9.17) is 4.74 Å². The number of nitrogens with one attached hydrogen (secondary N) is 1. The predicted octanol–water partition coefficient (Wildman–Crippen LogP) is 19.7. The SMILES string of the molecule is CC(C)(C)c1ccsc1.CC(C)(C)c1cn[nH]c1.CC(C)(C)c1cnccn1.CC(C)(C)c1cncnc1.CC(C)(C)c1cscn1.CC(C)c1ccc2c(c1)CCC2.CC(C)c1cnc2c(c1)CCCC2.CC(C)c1cnc2c(c1)OCCC2. The summed E-state index contributed by atoms with van der Waals surface area (Å²) in [5, 5.41) is 13.1. The van der Waals surface area contributed by atoms with Gasteiger partial charge in [0.2, 0.25) is 0 Å². The highest BCUT2D eigenvalue weighted by Crippen LogP contribution is 2.29. The monoisotopic (exact) mass is 1190 g/mol. The maximum atomic E-state index is 5.55. The summed E-state index contributed by atoms with van der Waals surface area (Å²) in [6.45, 7) is 46.7. The first kappa shape index (κ1) is 71.5. The lowest BCUT2D eigenvalue weighted by Crippen LogP contribution is -2.13. The number of rotatable bonds is 3. The quantitative estimate of drug-likeness (QED) is 0.184. The van der Waals surface area contributed by atoms with Crippen molar-refractivity contribution in [3.05, 3.63) is 193 Å². The number of nitrogens with zero attached hydrogens (tertiary/aromatic N) is 8. The molecule has 0 fully saturated rings. The molecule has 0 bridgehead atoms. The van der Waals surface area contributed by atoms with Gasteiger partial charge in [-0.05, 0) is 165 Å². The Morgan fingerprint density at radius 3 is 1.49 bits per heavy atom. The third-order valence-electron chi connectivity index (χ3n) is 14.8. The molecule has 1 aromatic carbocycles. The predicted molar refractivity (Wildman–Crippen MR) is 362 cm³/mol. The van der Waals surface area contributed by atoms with E-state index in [1.54, 1.807) is 58.7 Å². The number of pyridine rings is 2. The zero-order valence-corrected chi connectivity index (χ0v) is 57.8. The number of thiazole rings is 1. The Labute approximate surface area is 522 Å². The minimum atomic E-state index is 0.119. The summed E-state index contributed by atoms with van der Waals surface area (Å²) in [6.07, 6.45) is 29.5. The van der Waals surface area contributed by atoms with Gasteiger partial charge < -0.3 is 4.74 Å². The van der Waals surface area contributed by atoms with E-state index in [1.807, 2.05) is 36.5 Å². The topological polar surface area (TPSA) is 128 Å². The third kappa shape index (κ3) is 25.9. The first-order valence-corrected chi connectivity index (χ1v) is 32.9. The van der Waals surface area contributed by atoms with E-state index in [0.717, 1.165) is 36.6 Å². The summed E-state index contributed by atoms with van der Waals surface area (Å²) in [5.74, 6) is 2.82. The number of aromatic nitrogens is 9. The van der Waals surface area contributed by atoms with Gasteiger partial charge in [0.05, 0.1) is 35.4 Å². The number of aromatic amines is 1. The van der Waals surface area contributed by atoms with Crippen LogP contribution in [0, 0.1) is 0 Å². The van der Waals surface area contributed by atoms with E-state index in [1.165, 1.54) is 95.3 Å². The number of ether oxygens (including phenoxy) is 1. The van der Waals surface area contributed by atoms with E-state index in [9.17, 15) is 0 Å². The lowest BCUT2D eigenvalue weighted by molar-refractivity contribution is 0.284. The van der Waals surface area contributed by atoms with Crippen LogP contribution in [0.2, 0.25) is 0 Å². The highest BCUT2D eigenvalue weighted by Gasteiger charge is 2.19. The molecule has 85 heavy (non-hydrogen) atoms. The zero-order chi connectivity index (χ0) is 63.0. The minimum Gasteiger partial charge on any atom is -0.492 e. The molecule has 0 spiro atoms. The molecule has 2 aliphatic carbocycles. The summed E-state index contributed by atoms with van der Waals surface area (Å²) >= 11 is 3.42. The van der Waals surface area contributed by atoms with E-state index >= 15 is 0 Å². The van der Waals surface area contributed by atoms with Crippen LogP contribution in [0.15, 0.2) is 120 Å². The second-order valence-corrected chi connectivity index (χ2v) is 29.9.